The van der Waals surface area contributed by atoms with Gasteiger partial charge in [0.25, 0.3) is 0 Å². The van der Waals surface area contributed by atoms with Gasteiger partial charge in [0.1, 0.15) is 0 Å². The summed E-state index contributed by atoms with van der Waals surface area (Å²) in [6.07, 6.45) is 1.52. The number of rotatable bonds is 2. The number of thiol groups is 1. The molecule has 1 aliphatic rings. The predicted molar refractivity (Wildman–Crippen MR) is 63.8 cm³/mol. The first kappa shape index (κ1) is 12.3. The summed E-state index contributed by atoms with van der Waals surface area (Å²) < 4.78 is 5.76. The fourth-order valence-corrected chi connectivity index (χ4v) is 2.10. The Morgan fingerprint density at radius 1 is 1.50 bits per heavy atom. The molecule has 1 fully saturated rings. The molecule has 0 aromatic carbocycles. The Morgan fingerprint density at radius 3 is 2.64 bits per heavy atom. The van der Waals surface area contributed by atoms with Crippen LogP contribution in [0.4, 0.5) is 0 Å². The first-order valence-corrected chi connectivity index (χ1v) is 5.94. The molecule has 2 atom stereocenters. The number of nitrogens with zero attached hydrogens (tertiary/aromatic N) is 1. The van der Waals surface area contributed by atoms with Gasteiger partial charge in [0.15, 0.2) is 0 Å². The van der Waals surface area contributed by atoms with Crippen molar-refractivity contribution < 1.29 is 4.74 Å². The Kier molecular flexibility index (Phi) is 4.29. The molecule has 0 amide bonds. The first-order chi connectivity index (χ1) is 6.38. The minimum atomic E-state index is 0.348. The molecule has 84 valence electrons. The molecule has 0 aromatic heterocycles. The van der Waals surface area contributed by atoms with Crippen molar-refractivity contribution >= 4 is 12.6 Å². The van der Waals surface area contributed by atoms with E-state index in [-0.39, 0.29) is 0 Å². The van der Waals surface area contributed by atoms with Crippen molar-refractivity contribution in [2.75, 3.05) is 19.7 Å². The van der Waals surface area contributed by atoms with Gasteiger partial charge < -0.3 is 4.74 Å². The van der Waals surface area contributed by atoms with Crippen LogP contribution in [0.2, 0.25) is 0 Å². The van der Waals surface area contributed by atoms with E-state index in [1.54, 1.807) is 0 Å². The van der Waals surface area contributed by atoms with Crippen LogP contribution in [0.25, 0.3) is 0 Å². The maximum atomic E-state index is 5.76. The Morgan fingerprint density at radius 2 is 2.14 bits per heavy atom. The lowest BCUT2D eigenvalue weighted by molar-refractivity contribution is -0.0471. The normalized spacial score (nSPS) is 27.6. The zero-order valence-electron chi connectivity index (χ0n) is 9.79. The summed E-state index contributed by atoms with van der Waals surface area (Å²) in [7, 11) is 0. The number of ether oxygens (including phenoxy) is 1. The smallest absolute Gasteiger partial charge is 0.0708 e. The largest absolute Gasteiger partial charge is 0.376 e. The van der Waals surface area contributed by atoms with Crippen LogP contribution < -0.4 is 0 Å². The molecule has 0 saturated carbocycles. The van der Waals surface area contributed by atoms with E-state index in [0.717, 1.165) is 26.1 Å². The van der Waals surface area contributed by atoms with E-state index in [2.05, 4.69) is 45.2 Å². The highest BCUT2D eigenvalue weighted by Gasteiger charge is 2.26. The fraction of sp³-hybridized carbons (Fsp3) is 1.00. The average Bonchev–Trinajstić information content (AvgIpc) is 2.01. The van der Waals surface area contributed by atoms with Crippen molar-refractivity contribution in [3.8, 4) is 0 Å². The summed E-state index contributed by atoms with van der Waals surface area (Å²) in [5, 5.41) is 0.348. The van der Waals surface area contributed by atoms with Gasteiger partial charge in [0.2, 0.25) is 0 Å². The van der Waals surface area contributed by atoms with Crippen LogP contribution in [0.15, 0.2) is 0 Å². The van der Waals surface area contributed by atoms with Gasteiger partial charge >= 0.3 is 0 Å². The maximum Gasteiger partial charge on any atom is 0.0708 e. The second-order valence-electron chi connectivity index (χ2n) is 5.38. The van der Waals surface area contributed by atoms with E-state index < -0.39 is 0 Å². The third-order valence-corrected chi connectivity index (χ3v) is 2.87. The van der Waals surface area contributed by atoms with E-state index in [1.807, 2.05) is 0 Å². The van der Waals surface area contributed by atoms with Gasteiger partial charge in [-0.15, -0.1) is 0 Å². The van der Waals surface area contributed by atoms with Gasteiger partial charge in [0, 0.05) is 13.1 Å². The molecule has 0 aliphatic carbocycles. The fourth-order valence-electron chi connectivity index (χ4n) is 1.89. The molecule has 3 heteroatoms. The van der Waals surface area contributed by atoms with Gasteiger partial charge in [-0.2, -0.15) is 12.6 Å². The molecular weight excluding hydrogens is 194 g/mol. The third kappa shape index (κ3) is 4.20. The van der Waals surface area contributed by atoms with Crippen LogP contribution >= 0.6 is 12.6 Å². The topological polar surface area (TPSA) is 12.5 Å². The van der Waals surface area contributed by atoms with Crippen molar-refractivity contribution in [1.82, 2.24) is 4.90 Å². The van der Waals surface area contributed by atoms with E-state index in [1.165, 1.54) is 0 Å². The Balaban J connectivity index is 2.40. The van der Waals surface area contributed by atoms with Gasteiger partial charge in [0.05, 0.1) is 18.1 Å². The van der Waals surface area contributed by atoms with Crippen molar-refractivity contribution in [3.63, 3.8) is 0 Å². The third-order valence-electron chi connectivity index (χ3n) is 2.54. The highest BCUT2D eigenvalue weighted by atomic mass is 32.1. The molecule has 1 heterocycles. The molecule has 0 aromatic rings. The number of hydrogen-bond donors (Lipinski definition) is 1. The zero-order chi connectivity index (χ0) is 10.8. The molecule has 0 radical (unpaired) electrons. The van der Waals surface area contributed by atoms with Crippen LogP contribution in [0.3, 0.4) is 0 Å². The quantitative estimate of drug-likeness (QED) is 0.713. The van der Waals surface area contributed by atoms with E-state index >= 15 is 0 Å². The van der Waals surface area contributed by atoms with Crippen molar-refractivity contribution in [2.45, 2.75) is 45.6 Å². The summed E-state index contributed by atoms with van der Waals surface area (Å²) in [6.45, 7) is 11.8. The second-order valence-corrected chi connectivity index (χ2v) is 6.13. The summed E-state index contributed by atoms with van der Waals surface area (Å²) >= 11 is 4.46. The van der Waals surface area contributed by atoms with Gasteiger partial charge in [-0.05, 0) is 18.8 Å². The minimum absolute atomic E-state index is 0.348. The van der Waals surface area contributed by atoms with Crippen molar-refractivity contribution in [3.05, 3.63) is 0 Å². The van der Waals surface area contributed by atoms with E-state index in [9.17, 15) is 0 Å². The summed E-state index contributed by atoms with van der Waals surface area (Å²) in [5.74, 6) is 0. The molecule has 0 N–H and O–H groups in total. The highest BCUT2D eigenvalue weighted by Crippen LogP contribution is 2.25. The van der Waals surface area contributed by atoms with E-state index in [0.29, 0.717) is 16.9 Å². The van der Waals surface area contributed by atoms with Crippen LogP contribution in [0.1, 0.15) is 34.1 Å². The van der Waals surface area contributed by atoms with Crippen LogP contribution in [0, 0.1) is 5.41 Å². The summed E-state index contributed by atoms with van der Waals surface area (Å²) in [5.41, 5.74) is 0.355. The predicted octanol–water partition coefficient (Wildman–Crippen LogP) is 2.40. The first-order valence-electron chi connectivity index (χ1n) is 5.42. The SMILES string of the molecule is C[C@H](S)N1CCOC(CC(C)(C)C)C1. The molecular formula is C11H23NOS. The average molecular weight is 217 g/mol. The van der Waals surface area contributed by atoms with Crippen LogP contribution in [-0.2, 0) is 4.74 Å². The van der Waals surface area contributed by atoms with Crippen LogP contribution in [0.5, 0.6) is 0 Å². The zero-order valence-corrected chi connectivity index (χ0v) is 10.7. The Labute approximate surface area is 93.4 Å². The highest BCUT2D eigenvalue weighted by molar-refractivity contribution is 7.80. The molecule has 1 aliphatic heterocycles. The summed E-state index contributed by atoms with van der Waals surface area (Å²) in [4.78, 5) is 2.38. The number of morpholine rings is 1. The Bertz CT molecular complexity index is 177. The molecule has 1 saturated heterocycles. The molecule has 1 unspecified atom stereocenters. The minimum Gasteiger partial charge on any atom is -0.376 e. The second kappa shape index (κ2) is 4.86. The lowest BCUT2D eigenvalue weighted by Gasteiger charge is -2.37. The Hall–Kier alpha value is 0.270. The van der Waals surface area contributed by atoms with Crippen molar-refractivity contribution in [2.24, 2.45) is 5.41 Å². The van der Waals surface area contributed by atoms with E-state index in [4.69, 9.17) is 4.74 Å². The molecule has 1 rings (SSSR count). The standard InChI is InChI=1S/C11H23NOS/c1-9(14)12-5-6-13-10(8-12)7-11(2,3)4/h9-10,14H,5-8H2,1-4H3/t9-,10?/m0/s1. The molecule has 14 heavy (non-hydrogen) atoms. The lowest BCUT2D eigenvalue weighted by Crippen LogP contribution is -2.46. The van der Waals surface area contributed by atoms with Crippen LogP contribution in [-0.4, -0.2) is 36.1 Å². The van der Waals surface area contributed by atoms with Gasteiger partial charge in [-0.25, -0.2) is 0 Å². The van der Waals surface area contributed by atoms with Gasteiger partial charge in [-0.3, -0.25) is 4.90 Å². The summed E-state index contributed by atoms with van der Waals surface area (Å²) in [6, 6.07) is 0. The monoisotopic (exact) mass is 217 g/mol. The molecule has 0 bridgehead atoms. The van der Waals surface area contributed by atoms with Gasteiger partial charge in [-0.1, -0.05) is 20.8 Å². The molecule has 2 nitrogen and oxygen atoms in total. The number of hydrogen-bond acceptors (Lipinski definition) is 3. The molecule has 0 spiro atoms. The maximum absolute atomic E-state index is 5.76. The lowest BCUT2D eigenvalue weighted by atomic mass is 9.89. The van der Waals surface area contributed by atoms with Crippen molar-refractivity contribution in [1.29, 1.82) is 0 Å².